The third kappa shape index (κ3) is 6.14. The molecule has 0 bridgehead atoms. The summed E-state index contributed by atoms with van der Waals surface area (Å²) < 4.78 is 25.2. The van der Waals surface area contributed by atoms with Crippen molar-refractivity contribution in [2.24, 2.45) is 0 Å². The minimum Gasteiger partial charge on any atom is -0.370 e. The number of alkyl halides is 2. The van der Waals surface area contributed by atoms with Gasteiger partial charge >= 0.3 is 0 Å². The Morgan fingerprint density at radius 3 is 2.69 bits per heavy atom. The second-order valence-electron chi connectivity index (χ2n) is 5.31. The second-order valence-corrected chi connectivity index (χ2v) is 6.34. The zero-order valence-electron chi connectivity index (χ0n) is 14.6. The maximum Gasteiger partial charge on any atom is 0.288 e. The number of aromatic nitrogens is 2. The maximum absolute atomic E-state index is 12.6. The lowest BCUT2D eigenvalue weighted by Gasteiger charge is -2.11. The Bertz CT molecular complexity index is 745. The molecule has 6 nitrogen and oxygen atoms in total. The van der Waals surface area contributed by atoms with Gasteiger partial charge in [-0.05, 0) is 26.0 Å². The molecule has 0 aliphatic carbocycles. The van der Waals surface area contributed by atoms with Crippen molar-refractivity contribution in [3.8, 4) is 0 Å². The van der Waals surface area contributed by atoms with Crippen LogP contribution in [0.3, 0.4) is 0 Å². The highest BCUT2D eigenvalue weighted by Gasteiger charge is 2.14. The average Bonchev–Trinajstić information content (AvgIpc) is 2.58. The fraction of sp³-hybridized carbons (Fsp3) is 0.353. The van der Waals surface area contributed by atoms with E-state index in [1.807, 2.05) is 19.9 Å². The van der Waals surface area contributed by atoms with E-state index in [2.05, 4.69) is 25.9 Å². The molecule has 1 amide bonds. The Morgan fingerprint density at radius 1 is 1.19 bits per heavy atom. The molecule has 0 aliphatic heterocycles. The summed E-state index contributed by atoms with van der Waals surface area (Å²) in [5.74, 6) is -1.78. The minimum absolute atomic E-state index is 0.235. The monoisotopic (exact) mass is 381 g/mol. The van der Waals surface area contributed by atoms with Crippen LogP contribution in [0.15, 0.2) is 35.2 Å². The molecule has 0 fully saturated rings. The van der Waals surface area contributed by atoms with Crippen molar-refractivity contribution in [2.75, 3.05) is 30.3 Å². The summed E-state index contributed by atoms with van der Waals surface area (Å²) in [6.45, 7) is 5.31. The Hall–Kier alpha value is -2.42. The van der Waals surface area contributed by atoms with Crippen LogP contribution >= 0.6 is 11.8 Å². The van der Waals surface area contributed by atoms with Gasteiger partial charge in [-0.25, -0.2) is 4.98 Å². The first kappa shape index (κ1) is 19.9. The quantitative estimate of drug-likeness (QED) is 0.457. The molecule has 0 saturated carbocycles. The van der Waals surface area contributed by atoms with Crippen LogP contribution in [0.1, 0.15) is 23.0 Å². The van der Waals surface area contributed by atoms with E-state index in [0.29, 0.717) is 30.8 Å². The molecule has 1 aromatic heterocycles. The fourth-order valence-corrected chi connectivity index (χ4v) is 2.85. The molecule has 2 rings (SSSR count). The highest BCUT2D eigenvalue weighted by atomic mass is 32.2. The van der Waals surface area contributed by atoms with Crippen LogP contribution in [0.25, 0.3) is 0 Å². The first-order chi connectivity index (χ1) is 12.5. The number of aryl methyl sites for hydroxylation is 1. The van der Waals surface area contributed by atoms with E-state index in [-0.39, 0.29) is 10.5 Å². The molecule has 0 radical (unpaired) electrons. The number of rotatable bonds is 9. The van der Waals surface area contributed by atoms with Gasteiger partial charge in [-0.3, -0.25) is 4.79 Å². The number of carbonyl (C=O) groups excluding carboxylic acids is 1. The molecule has 2 aromatic rings. The number of nitrogens with zero attached hydrogens (tertiary/aromatic N) is 2. The summed E-state index contributed by atoms with van der Waals surface area (Å²) in [7, 11) is 0. The molecule has 9 heteroatoms. The summed E-state index contributed by atoms with van der Waals surface area (Å²) >= 11 is 0.361. The number of anilines is 2. The van der Waals surface area contributed by atoms with Crippen LogP contribution < -0.4 is 16.0 Å². The van der Waals surface area contributed by atoms with Gasteiger partial charge in [0.2, 0.25) is 5.95 Å². The van der Waals surface area contributed by atoms with Gasteiger partial charge in [0.25, 0.3) is 11.7 Å². The molecule has 1 aromatic carbocycles. The minimum atomic E-state index is -2.57. The lowest BCUT2D eigenvalue weighted by Crippen LogP contribution is -2.29. The topological polar surface area (TPSA) is 78.9 Å². The summed E-state index contributed by atoms with van der Waals surface area (Å²) in [5, 5.41) is 8.86. The molecule has 26 heavy (non-hydrogen) atoms. The van der Waals surface area contributed by atoms with Crippen molar-refractivity contribution in [2.45, 2.75) is 24.5 Å². The third-order valence-electron chi connectivity index (χ3n) is 3.25. The van der Waals surface area contributed by atoms with Crippen LogP contribution in [0.2, 0.25) is 0 Å². The van der Waals surface area contributed by atoms with E-state index in [1.165, 1.54) is 12.1 Å². The highest BCUT2D eigenvalue weighted by Crippen LogP contribution is 2.28. The second kappa shape index (κ2) is 9.91. The van der Waals surface area contributed by atoms with E-state index in [0.717, 1.165) is 18.1 Å². The molecule has 3 N–H and O–H groups in total. The number of hydrogen-bond acceptors (Lipinski definition) is 6. The largest absolute Gasteiger partial charge is 0.370 e. The van der Waals surface area contributed by atoms with Gasteiger partial charge in [-0.2, -0.15) is 13.8 Å². The Labute approximate surface area is 155 Å². The third-order valence-corrected chi connectivity index (χ3v) is 4.04. The van der Waals surface area contributed by atoms with E-state index in [1.54, 1.807) is 12.1 Å². The molecule has 0 saturated heterocycles. The van der Waals surface area contributed by atoms with Gasteiger partial charge in [0.15, 0.2) is 0 Å². The van der Waals surface area contributed by atoms with Crippen LogP contribution in [-0.4, -0.2) is 41.3 Å². The zero-order chi connectivity index (χ0) is 18.9. The van der Waals surface area contributed by atoms with Gasteiger partial charge < -0.3 is 16.0 Å². The first-order valence-electron chi connectivity index (χ1n) is 8.15. The normalized spacial score (nSPS) is 10.7. The van der Waals surface area contributed by atoms with Gasteiger partial charge in [0.05, 0.1) is 5.56 Å². The number of nitrogens with one attached hydrogen (secondary N) is 3. The predicted molar refractivity (Wildman–Crippen MR) is 100 cm³/mol. The molecular formula is C17H21F2N5OS. The van der Waals surface area contributed by atoms with Crippen molar-refractivity contribution in [1.82, 2.24) is 15.3 Å². The van der Waals surface area contributed by atoms with E-state index in [9.17, 15) is 13.6 Å². The van der Waals surface area contributed by atoms with Crippen LogP contribution in [0, 0.1) is 6.92 Å². The summed E-state index contributed by atoms with van der Waals surface area (Å²) in [6, 6.07) is 8.15. The fourth-order valence-electron chi connectivity index (χ4n) is 2.22. The Balaban J connectivity index is 1.88. The summed E-state index contributed by atoms with van der Waals surface area (Å²) in [4.78, 5) is 21.1. The first-order valence-corrected chi connectivity index (χ1v) is 9.03. The van der Waals surface area contributed by atoms with Crippen molar-refractivity contribution in [3.05, 3.63) is 41.6 Å². The van der Waals surface area contributed by atoms with Crippen LogP contribution in [-0.2, 0) is 0 Å². The smallest absolute Gasteiger partial charge is 0.288 e. The molecule has 0 unspecified atom stereocenters. The van der Waals surface area contributed by atoms with E-state index in [4.69, 9.17) is 0 Å². The standard InChI is InChI=1S/C17H21F2N5OS/c1-3-20-14-10-11(2)23-17(24-14)22-9-8-21-15(25)12-6-4-5-7-13(12)26-16(18)19/h4-7,10,16H,3,8-9H2,1-2H3,(H,21,25)(H2,20,22,23,24). The Kier molecular flexibility index (Phi) is 7.58. The number of hydrogen-bond donors (Lipinski definition) is 3. The molecule has 0 spiro atoms. The zero-order valence-corrected chi connectivity index (χ0v) is 15.4. The van der Waals surface area contributed by atoms with Crippen molar-refractivity contribution in [3.63, 3.8) is 0 Å². The maximum atomic E-state index is 12.6. The number of halogens is 2. The predicted octanol–water partition coefficient (Wildman–Crippen LogP) is 3.37. The molecule has 1 heterocycles. The number of amides is 1. The molecule has 0 aliphatic rings. The number of thioether (sulfide) groups is 1. The summed E-state index contributed by atoms with van der Waals surface area (Å²) in [6.07, 6.45) is 0. The van der Waals surface area contributed by atoms with Gasteiger partial charge in [0.1, 0.15) is 5.82 Å². The van der Waals surface area contributed by atoms with Gasteiger partial charge in [-0.1, -0.05) is 23.9 Å². The Morgan fingerprint density at radius 2 is 1.96 bits per heavy atom. The number of carbonyl (C=O) groups is 1. The lowest BCUT2D eigenvalue weighted by molar-refractivity contribution is 0.0952. The lowest BCUT2D eigenvalue weighted by atomic mass is 10.2. The summed E-state index contributed by atoms with van der Waals surface area (Å²) in [5.41, 5.74) is 1.06. The van der Waals surface area contributed by atoms with Crippen LogP contribution in [0.4, 0.5) is 20.5 Å². The average molecular weight is 381 g/mol. The molecular weight excluding hydrogens is 360 g/mol. The van der Waals surface area contributed by atoms with E-state index < -0.39 is 11.7 Å². The molecule has 0 atom stereocenters. The van der Waals surface area contributed by atoms with Crippen molar-refractivity contribution in [1.29, 1.82) is 0 Å². The van der Waals surface area contributed by atoms with Crippen molar-refractivity contribution >= 4 is 29.4 Å². The SMILES string of the molecule is CCNc1cc(C)nc(NCCNC(=O)c2ccccc2SC(F)F)n1. The van der Waals surface area contributed by atoms with Crippen LogP contribution in [0.5, 0.6) is 0 Å². The highest BCUT2D eigenvalue weighted by molar-refractivity contribution is 7.99. The van der Waals surface area contributed by atoms with Crippen molar-refractivity contribution < 1.29 is 13.6 Å². The van der Waals surface area contributed by atoms with E-state index >= 15 is 0 Å². The van der Waals surface area contributed by atoms with Gasteiger partial charge in [0, 0.05) is 36.3 Å². The molecule has 140 valence electrons. The number of benzene rings is 1. The van der Waals surface area contributed by atoms with Gasteiger partial charge in [-0.15, -0.1) is 0 Å².